The Hall–Kier alpha value is -7.26. The number of nitrogens with zero attached hydrogens (tertiary/aromatic N) is 8. The third kappa shape index (κ3) is 9.26. The summed E-state index contributed by atoms with van der Waals surface area (Å²) in [4.78, 5) is -0.641. The fourth-order valence-corrected chi connectivity index (χ4v) is 5.68. The van der Waals surface area contributed by atoms with Crippen LogP contribution in [0, 0.1) is 0 Å². The maximum Gasteiger partial charge on any atom is 0.294 e. The molecule has 282 valence electrons. The zero-order chi connectivity index (χ0) is 40.0. The second-order valence-electron chi connectivity index (χ2n) is 11.4. The summed E-state index contributed by atoms with van der Waals surface area (Å²) in [5.41, 5.74) is 2.20. The fourth-order valence-electron chi connectivity index (χ4n) is 4.72. The summed E-state index contributed by atoms with van der Waals surface area (Å²) in [7, 11) is -8.75. The molecular weight excluding hydrogens is 769 g/mol. The Morgan fingerprint density at radius 2 is 0.625 bits per heavy atom. The maximum absolute atomic E-state index is 11.2. The van der Waals surface area contributed by atoms with Crippen LogP contribution in [0.5, 0.6) is 23.0 Å². The Balaban J connectivity index is 1.11. The summed E-state index contributed by atoms with van der Waals surface area (Å²) < 4.78 is 63.1. The van der Waals surface area contributed by atoms with Crippen molar-refractivity contribution < 1.29 is 46.4 Å². The monoisotopic (exact) mass is 794 g/mol. The van der Waals surface area contributed by atoms with Gasteiger partial charge in [0.25, 0.3) is 20.2 Å². The van der Waals surface area contributed by atoms with Crippen molar-refractivity contribution in [1.29, 1.82) is 0 Å². The van der Waals surface area contributed by atoms with Gasteiger partial charge < -0.3 is 20.4 Å². The van der Waals surface area contributed by atoms with Crippen LogP contribution in [0.3, 0.4) is 0 Å². The molecule has 0 aromatic heterocycles. The molecule has 0 saturated heterocycles. The topological polar surface area (TPSA) is 289 Å². The first-order valence-corrected chi connectivity index (χ1v) is 18.7. The third-order valence-electron chi connectivity index (χ3n) is 7.63. The van der Waals surface area contributed by atoms with E-state index in [0.29, 0.717) is 11.4 Å². The van der Waals surface area contributed by atoms with E-state index in [2.05, 4.69) is 40.9 Å². The molecule has 0 fully saturated rings. The van der Waals surface area contributed by atoms with Crippen LogP contribution in [0.2, 0.25) is 0 Å². The highest BCUT2D eigenvalue weighted by molar-refractivity contribution is 7.86. The van der Waals surface area contributed by atoms with Crippen LogP contribution in [0.15, 0.2) is 172 Å². The number of aromatic hydroxyl groups is 4. The first-order valence-electron chi connectivity index (χ1n) is 15.8. The molecule has 0 bridgehead atoms. The van der Waals surface area contributed by atoms with Crippen LogP contribution >= 0.6 is 0 Å². The second-order valence-corrected chi connectivity index (χ2v) is 14.3. The van der Waals surface area contributed by atoms with Gasteiger partial charge in [-0.3, -0.25) is 9.11 Å². The molecule has 0 heterocycles. The number of phenols is 4. The minimum atomic E-state index is -4.37. The predicted octanol–water partition coefficient (Wildman–Crippen LogP) is 10.3. The summed E-state index contributed by atoms with van der Waals surface area (Å²) in [5.74, 6) is -1.75. The van der Waals surface area contributed by atoms with Crippen molar-refractivity contribution in [3.63, 3.8) is 0 Å². The van der Waals surface area contributed by atoms with Crippen molar-refractivity contribution in [1.82, 2.24) is 0 Å². The lowest BCUT2D eigenvalue weighted by atomic mass is 10.1. The van der Waals surface area contributed by atoms with Crippen LogP contribution in [-0.2, 0) is 20.2 Å². The Labute approximate surface area is 317 Å². The van der Waals surface area contributed by atoms with Gasteiger partial charge in [0.1, 0.15) is 22.9 Å². The molecular formula is C36H26N8O10S2. The van der Waals surface area contributed by atoms with Crippen molar-refractivity contribution >= 4 is 65.7 Å². The highest BCUT2D eigenvalue weighted by Crippen LogP contribution is 2.45. The number of benzene rings is 6. The summed E-state index contributed by atoms with van der Waals surface area (Å²) in [6.45, 7) is 0. The molecule has 0 aliphatic carbocycles. The zero-order valence-corrected chi connectivity index (χ0v) is 29.9. The first-order chi connectivity index (χ1) is 26.7. The highest BCUT2D eigenvalue weighted by atomic mass is 32.2. The number of hydrogen-bond donors (Lipinski definition) is 6. The first kappa shape index (κ1) is 38.5. The summed E-state index contributed by atoms with van der Waals surface area (Å²) >= 11 is 0. The normalized spacial score (nSPS) is 12.4. The Bertz CT molecular complexity index is 2570. The van der Waals surface area contributed by atoms with Crippen molar-refractivity contribution in [3.8, 4) is 34.1 Å². The predicted molar refractivity (Wildman–Crippen MR) is 201 cm³/mol. The minimum absolute atomic E-state index is 0.0516. The van der Waals surface area contributed by atoms with Crippen LogP contribution in [0.25, 0.3) is 11.1 Å². The van der Waals surface area contributed by atoms with Gasteiger partial charge in [-0.15, -0.1) is 20.5 Å². The summed E-state index contributed by atoms with van der Waals surface area (Å²) in [5, 5.41) is 73.8. The van der Waals surface area contributed by atoms with Gasteiger partial charge in [0.15, 0.2) is 22.9 Å². The van der Waals surface area contributed by atoms with Gasteiger partial charge in [0, 0.05) is 0 Å². The van der Waals surface area contributed by atoms with E-state index in [1.165, 1.54) is 48.5 Å². The molecule has 6 N–H and O–H groups in total. The van der Waals surface area contributed by atoms with Gasteiger partial charge in [-0.2, -0.15) is 37.3 Å². The average molecular weight is 795 g/mol. The number of azo groups is 4. The molecule has 6 aromatic carbocycles. The number of phenolic OH excluding ortho intramolecular Hbond substituents is 4. The fraction of sp³-hybridized carbons (Fsp3) is 0. The van der Waals surface area contributed by atoms with E-state index in [-0.39, 0.29) is 55.4 Å². The van der Waals surface area contributed by atoms with E-state index in [1.807, 2.05) is 0 Å². The maximum atomic E-state index is 11.2. The molecule has 0 aliphatic rings. The van der Waals surface area contributed by atoms with Crippen LogP contribution in [-0.4, -0.2) is 46.4 Å². The van der Waals surface area contributed by atoms with E-state index >= 15 is 0 Å². The Morgan fingerprint density at radius 3 is 0.929 bits per heavy atom. The van der Waals surface area contributed by atoms with E-state index in [1.54, 1.807) is 48.5 Å². The second kappa shape index (κ2) is 16.0. The lowest BCUT2D eigenvalue weighted by molar-refractivity contribution is 0.452. The third-order valence-corrected chi connectivity index (χ3v) is 9.37. The lowest BCUT2D eigenvalue weighted by Gasteiger charge is -2.05. The quantitative estimate of drug-likeness (QED) is 0.0532. The van der Waals surface area contributed by atoms with Crippen LogP contribution in [0.1, 0.15) is 0 Å². The molecule has 18 nitrogen and oxygen atoms in total. The number of hydrogen-bond acceptors (Lipinski definition) is 16. The molecule has 0 radical (unpaired) electrons. The molecule has 6 rings (SSSR count). The van der Waals surface area contributed by atoms with Gasteiger partial charge in [0.05, 0.1) is 32.5 Å². The van der Waals surface area contributed by atoms with Crippen molar-refractivity contribution in [3.05, 3.63) is 121 Å². The molecule has 0 saturated carbocycles. The van der Waals surface area contributed by atoms with E-state index < -0.39 is 31.7 Å². The largest absolute Gasteiger partial charge is 0.505 e. The lowest BCUT2D eigenvalue weighted by Crippen LogP contribution is -1.96. The molecule has 20 heteroatoms. The zero-order valence-electron chi connectivity index (χ0n) is 28.3. The molecule has 0 spiro atoms. The van der Waals surface area contributed by atoms with Gasteiger partial charge in [-0.25, -0.2) is 0 Å². The van der Waals surface area contributed by atoms with Crippen molar-refractivity contribution in [2.24, 2.45) is 40.9 Å². The average Bonchev–Trinajstić information content (AvgIpc) is 3.17. The Morgan fingerprint density at radius 1 is 0.339 bits per heavy atom. The van der Waals surface area contributed by atoms with E-state index in [9.17, 15) is 37.3 Å². The Kier molecular flexibility index (Phi) is 11.0. The standard InChI is InChI=1S/C36H26N8O10S2/c45-31-19-17-29(41-37-25-9-13-27(14-10-25)55(49,50)51)35(47)33(31)43-39-23-5-1-21(2-6-23)22-3-7-24(8-4-22)40-44-34-32(46)20-18-30(36(34)48)42-38-26-11-15-28(16-12-26)56(52,53)54/h1-20,45-48H,(H,49,50,51)(H,52,53,54). The van der Waals surface area contributed by atoms with Crippen LogP contribution < -0.4 is 0 Å². The molecule has 56 heavy (non-hydrogen) atoms. The molecule has 0 atom stereocenters. The molecule has 0 unspecified atom stereocenters. The highest BCUT2D eigenvalue weighted by Gasteiger charge is 2.15. The van der Waals surface area contributed by atoms with E-state index in [4.69, 9.17) is 9.11 Å². The molecule has 0 aliphatic heterocycles. The van der Waals surface area contributed by atoms with Crippen molar-refractivity contribution in [2.75, 3.05) is 0 Å². The van der Waals surface area contributed by atoms with Crippen LogP contribution in [0.4, 0.5) is 45.5 Å². The smallest absolute Gasteiger partial charge is 0.294 e. The minimum Gasteiger partial charge on any atom is -0.505 e. The van der Waals surface area contributed by atoms with Crippen molar-refractivity contribution in [2.45, 2.75) is 9.79 Å². The van der Waals surface area contributed by atoms with Gasteiger partial charge in [-0.1, -0.05) is 24.3 Å². The molecule has 0 amide bonds. The van der Waals surface area contributed by atoms with E-state index in [0.717, 1.165) is 35.4 Å². The SMILES string of the molecule is O=S(=O)(O)c1ccc(N=Nc2ccc(O)c(N=Nc3ccc(-c4ccc(N=Nc5c(O)ccc(N=Nc6ccc(S(=O)(=O)O)cc6)c5O)cc4)cc3)c2O)cc1. The summed E-state index contributed by atoms with van der Waals surface area (Å²) in [6, 6.07) is 28.5. The van der Waals surface area contributed by atoms with Gasteiger partial charge in [-0.05, 0) is 108 Å². The number of rotatable bonds is 11. The van der Waals surface area contributed by atoms with Gasteiger partial charge >= 0.3 is 0 Å². The molecule has 6 aromatic rings. The van der Waals surface area contributed by atoms with Gasteiger partial charge in [0.2, 0.25) is 0 Å². The summed E-state index contributed by atoms with van der Waals surface area (Å²) in [6.07, 6.45) is 0.